The van der Waals surface area contributed by atoms with Crippen LogP contribution in [-0.2, 0) is 39.0 Å². The summed E-state index contributed by atoms with van der Waals surface area (Å²) >= 11 is 0. The average Bonchev–Trinajstić information content (AvgIpc) is 3.32. The molecule has 0 nitrogen and oxygen atoms in total. The molecule has 4 heteroatoms. The maximum atomic E-state index is 2.62. The molecule has 0 spiro atoms. The Balaban J connectivity index is 0.00000241. The van der Waals surface area contributed by atoms with Crippen LogP contribution in [0.2, 0.25) is 13.1 Å². The quantitative estimate of drug-likeness (QED) is 0.205. The molecule has 0 saturated carbocycles. The van der Waals surface area contributed by atoms with Crippen LogP contribution in [0.4, 0.5) is 0 Å². The number of halogens is 2. The second-order valence-corrected chi connectivity index (χ2v) is 17.2. The van der Waals surface area contributed by atoms with Crippen LogP contribution >= 0.6 is 0 Å². The fourth-order valence-electron chi connectivity index (χ4n) is 6.31. The number of rotatable bonds is 8. The molecule has 0 aliphatic heterocycles. The van der Waals surface area contributed by atoms with Crippen molar-refractivity contribution >= 4 is 40.0 Å². The van der Waals surface area contributed by atoms with Crippen molar-refractivity contribution in [1.82, 2.24) is 0 Å². The van der Waals surface area contributed by atoms with Crippen LogP contribution in [0.1, 0.15) is 89.5 Å². The Kier molecular flexibility index (Phi) is 12.8. The first-order chi connectivity index (χ1) is 16.4. The number of fused-ring (bicyclic) bond motifs is 2. The molecule has 0 radical (unpaired) electrons. The molecule has 0 aliphatic rings. The van der Waals surface area contributed by atoms with Gasteiger partial charge in [0.1, 0.15) is 0 Å². The first-order valence-corrected chi connectivity index (χ1v) is 16.9. The molecule has 4 aromatic rings. The summed E-state index contributed by atoms with van der Waals surface area (Å²) in [7, 11) is -2.02. The van der Waals surface area contributed by atoms with Crippen molar-refractivity contribution in [1.29, 1.82) is 0 Å². The number of hydrogen-bond donors (Lipinski definition) is 0. The van der Waals surface area contributed by atoms with Gasteiger partial charge < -0.3 is 24.8 Å². The van der Waals surface area contributed by atoms with Crippen molar-refractivity contribution in [3.63, 3.8) is 0 Å². The summed E-state index contributed by atoms with van der Waals surface area (Å²) in [6, 6.07) is 19.6. The van der Waals surface area contributed by atoms with E-state index < -0.39 is 8.07 Å². The van der Waals surface area contributed by atoms with Crippen molar-refractivity contribution in [2.24, 2.45) is 11.8 Å². The summed E-state index contributed by atoms with van der Waals surface area (Å²) in [6.45, 7) is 24.1. The SMILES string of the molecule is CC(C)Cc1ccc2[cH-]c(C(C)C)c([Si](C)(C)c3c(C(C)C)[cH-]c4ccc(CC(C)C)cc34)c2c1.[Cl-].[Cl-].[Zr+4]. The van der Waals surface area contributed by atoms with E-state index in [0.29, 0.717) is 23.7 Å². The van der Waals surface area contributed by atoms with Gasteiger partial charge in [-0.1, -0.05) is 79.6 Å². The monoisotopic (exact) mass is 642 g/mol. The smallest absolute Gasteiger partial charge is 1.00 e. The van der Waals surface area contributed by atoms with Gasteiger partial charge in [0, 0.05) is 8.07 Å². The van der Waals surface area contributed by atoms with Gasteiger partial charge in [-0.2, -0.15) is 10.4 Å². The van der Waals surface area contributed by atoms with Crippen LogP contribution in [0.5, 0.6) is 0 Å². The molecule has 0 unspecified atom stereocenters. The molecule has 204 valence electrons. The van der Waals surface area contributed by atoms with E-state index in [0.717, 1.165) is 12.8 Å². The van der Waals surface area contributed by atoms with Gasteiger partial charge in [-0.15, -0.1) is 81.2 Å². The fraction of sp³-hybridized carbons (Fsp3) is 0.471. The summed E-state index contributed by atoms with van der Waals surface area (Å²) in [6.07, 6.45) is 2.29. The Morgan fingerprint density at radius 1 is 0.605 bits per heavy atom. The van der Waals surface area contributed by atoms with Crippen molar-refractivity contribution in [3.05, 3.63) is 70.8 Å². The Hall–Kier alpha value is -0.660. The van der Waals surface area contributed by atoms with Gasteiger partial charge in [-0.25, -0.2) is 0 Å². The Labute approximate surface area is 265 Å². The molecule has 0 fully saturated rings. The third-order valence-electron chi connectivity index (χ3n) is 7.76. The molecule has 0 amide bonds. The van der Waals surface area contributed by atoms with E-state index >= 15 is 0 Å². The minimum atomic E-state index is -2.02. The van der Waals surface area contributed by atoms with Gasteiger partial charge in [0.2, 0.25) is 0 Å². The van der Waals surface area contributed by atoms with Crippen molar-refractivity contribution in [2.45, 2.75) is 93.2 Å². The van der Waals surface area contributed by atoms with Gasteiger partial charge in [-0.3, -0.25) is 0 Å². The fourth-order valence-corrected chi connectivity index (χ4v) is 10.5. The molecule has 38 heavy (non-hydrogen) atoms. The summed E-state index contributed by atoms with van der Waals surface area (Å²) < 4.78 is 0. The third-order valence-corrected chi connectivity index (χ3v) is 11.4. The van der Waals surface area contributed by atoms with Crippen LogP contribution in [-0.4, -0.2) is 8.07 Å². The van der Waals surface area contributed by atoms with E-state index in [-0.39, 0.29) is 51.0 Å². The first kappa shape index (κ1) is 35.4. The Morgan fingerprint density at radius 2 is 0.947 bits per heavy atom. The Bertz CT molecular complexity index is 1240. The molecule has 4 aromatic carbocycles. The van der Waals surface area contributed by atoms with E-state index in [1.54, 1.807) is 21.5 Å². The molecule has 4 rings (SSSR count). The topological polar surface area (TPSA) is 0 Å². The van der Waals surface area contributed by atoms with Crippen molar-refractivity contribution in [2.75, 3.05) is 0 Å². The second kappa shape index (κ2) is 13.8. The minimum absolute atomic E-state index is 0. The molecule has 0 N–H and O–H groups in total. The second-order valence-electron chi connectivity index (χ2n) is 12.9. The van der Waals surface area contributed by atoms with Crippen LogP contribution in [0.15, 0.2) is 48.5 Å². The maximum absolute atomic E-state index is 2.62. The first-order valence-electron chi connectivity index (χ1n) is 13.9. The van der Waals surface area contributed by atoms with Crippen molar-refractivity contribution in [3.8, 4) is 0 Å². The van der Waals surface area contributed by atoms with Crippen LogP contribution in [0, 0.1) is 11.8 Å². The van der Waals surface area contributed by atoms with Gasteiger partial charge >= 0.3 is 26.2 Å². The molecular formula is C34H46Cl2SiZr. The predicted molar refractivity (Wildman–Crippen MR) is 161 cm³/mol. The molecule has 0 heterocycles. The van der Waals surface area contributed by atoms with E-state index in [4.69, 9.17) is 0 Å². The summed E-state index contributed by atoms with van der Waals surface area (Å²) in [5, 5.41) is 9.25. The van der Waals surface area contributed by atoms with Crippen molar-refractivity contribution < 1.29 is 51.0 Å². The Morgan fingerprint density at radius 3 is 1.24 bits per heavy atom. The standard InChI is InChI=1S/C34H46Si.2ClH.Zr/c1-21(2)15-25-11-13-27-19-29(23(5)6)33(31(27)17-25)35(9,10)34-30(24(7)8)20-28-14-12-26(16-22(3)4)18-32(28)34;;;/h11-14,17-24H,15-16H2,1-10H3;2*1H;/q-2;;;+4/p-2. The maximum Gasteiger partial charge on any atom is 4.00 e. The zero-order valence-corrected chi connectivity index (χ0v) is 30.1. The normalized spacial score (nSPS) is 11.9. The molecule has 0 aliphatic carbocycles. The number of hydrogen-bond acceptors (Lipinski definition) is 0. The van der Waals surface area contributed by atoms with Gasteiger partial charge in [0.05, 0.1) is 0 Å². The summed E-state index contributed by atoms with van der Waals surface area (Å²) in [4.78, 5) is 0. The van der Waals surface area contributed by atoms with E-state index in [9.17, 15) is 0 Å². The van der Waals surface area contributed by atoms with Gasteiger partial charge in [0.25, 0.3) is 0 Å². The van der Waals surface area contributed by atoms with Gasteiger partial charge in [-0.05, 0) is 36.5 Å². The van der Waals surface area contributed by atoms with Crippen LogP contribution in [0.3, 0.4) is 0 Å². The molecule has 0 bridgehead atoms. The van der Waals surface area contributed by atoms with Crippen LogP contribution < -0.4 is 35.2 Å². The summed E-state index contributed by atoms with van der Waals surface area (Å²) in [5.41, 5.74) is 6.10. The zero-order valence-electron chi connectivity index (χ0n) is 25.1. The van der Waals surface area contributed by atoms with E-state index in [1.807, 2.05) is 0 Å². The summed E-state index contributed by atoms with van der Waals surface area (Å²) in [5.74, 6) is 2.40. The molecular weight excluding hydrogens is 599 g/mol. The van der Waals surface area contributed by atoms with E-state index in [1.165, 1.54) is 32.7 Å². The molecule has 0 aromatic heterocycles. The largest absolute Gasteiger partial charge is 4.00 e. The zero-order chi connectivity index (χ0) is 25.7. The van der Waals surface area contributed by atoms with Crippen LogP contribution in [0.25, 0.3) is 21.5 Å². The molecule has 0 saturated heterocycles. The van der Waals surface area contributed by atoms with E-state index in [2.05, 4.69) is 117 Å². The number of benzene rings is 2. The predicted octanol–water partition coefficient (Wildman–Crippen LogP) is 2.90. The minimum Gasteiger partial charge on any atom is -1.00 e. The third kappa shape index (κ3) is 6.97. The van der Waals surface area contributed by atoms with Gasteiger partial charge in [0.15, 0.2) is 0 Å². The average molecular weight is 645 g/mol. The molecule has 0 atom stereocenters.